The summed E-state index contributed by atoms with van der Waals surface area (Å²) in [5.74, 6) is 0. The number of hydrogen-bond donors (Lipinski definition) is 1. The summed E-state index contributed by atoms with van der Waals surface area (Å²) in [4.78, 5) is 0. The fourth-order valence-electron chi connectivity index (χ4n) is 1.62. The standard InChI is InChI=1S/C13H18ClN/c1-4-9(2)7-13(15)12-6-5-11(14)8-10(12)3/h5-6,8,13H,2,4,7,15H2,1,3H3. The van der Waals surface area contributed by atoms with E-state index >= 15 is 0 Å². The van der Waals surface area contributed by atoms with E-state index in [4.69, 9.17) is 17.3 Å². The Labute approximate surface area is 96.9 Å². The van der Waals surface area contributed by atoms with Gasteiger partial charge in [-0.2, -0.15) is 0 Å². The third kappa shape index (κ3) is 3.37. The van der Waals surface area contributed by atoms with Crippen molar-refractivity contribution in [1.82, 2.24) is 0 Å². The summed E-state index contributed by atoms with van der Waals surface area (Å²) in [6, 6.07) is 5.88. The topological polar surface area (TPSA) is 26.0 Å². The van der Waals surface area contributed by atoms with Gasteiger partial charge in [-0.25, -0.2) is 0 Å². The minimum Gasteiger partial charge on any atom is -0.324 e. The highest BCUT2D eigenvalue weighted by Crippen LogP contribution is 2.24. The van der Waals surface area contributed by atoms with Crippen LogP contribution in [-0.4, -0.2) is 0 Å². The third-order valence-electron chi connectivity index (χ3n) is 2.64. The van der Waals surface area contributed by atoms with Crippen molar-refractivity contribution >= 4 is 11.6 Å². The first-order chi connectivity index (χ1) is 7.04. The van der Waals surface area contributed by atoms with Gasteiger partial charge in [-0.1, -0.05) is 36.7 Å². The molecule has 1 nitrogen and oxygen atoms in total. The molecule has 0 amide bonds. The second-order valence-corrected chi connectivity index (χ2v) is 4.35. The molecular weight excluding hydrogens is 206 g/mol. The molecule has 1 atom stereocenters. The second kappa shape index (κ2) is 5.34. The number of aryl methyl sites for hydroxylation is 1. The van der Waals surface area contributed by atoms with Crippen LogP contribution in [0.15, 0.2) is 30.4 Å². The quantitative estimate of drug-likeness (QED) is 0.768. The van der Waals surface area contributed by atoms with E-state index in [1.807, 2.05) is 25.1 Å². The number of rotatable bonds is 4. The van der Waals surface area contributed by atoms with Crippen molar-refractivity contribution in [3.05, 3.63) is 46.5 Å². The molecule has 0 bridgehead atoms. The lowest BCUT2D eigenvalue weighted by molar-refractivity contribution is 0.697. The molecule has 1 unspecified atom stereocenters. The summed E-state index contributed by atoms with van der Waals surface area (Å²) in [6.07, 6.45) is 1.83. The van der Waals surface area contributed by atoms with E-state index < -0.39 is 0 Å². The molecule has 82 valence electrons. The fraction of sp³-hybridized carbons (Fsp3) is 0.385. The van der Waals surface area contributed by atoms with E-state index in [0.29, 0.717) is 0 Å². The predicted octanol–water partition coefficient (Wildman–Crippen LogP) is 4.00. The summed E-state index contributed by atoms with van der Waals surface area (Å²) in [5, 5.41) is 0.762. The summed E-state index contributed by atoms with van der Waals surface area (Å²) >= 11 is 5.90. The van der Waals surface area contributed by atoms with Gasteiger partial charge in [0.1, 0.15) is 0 Å². The van der Waals surface area contributed by atoms with E-state index in [1.165, 1.54) is 5.57 Å². The Morgan fingerprint density at radius 1 is 1.53 bits per heavy atom. The summed E-state index contributed by atoms with van der Waals surface area (Å²) in [7, 11) is 0. The zero-order chi connectivity index (χ0) is 11.4. The highest BCUT2D eigenvalue weighted by molar-refractivity contribution is 6.30. The molecule has 1 aromatic rings. The Kier molecular flexibility index (Phi) is 4.37. The van der Waals surface area contributed by atoms with Crippen molar-refractivity contribution in [2.24, 2.45) is 5.73 Å². The first kappa shape index (κ1) is 12.3. The van der Waals surface area contributed by atoms with Crippen LogP contribution in [-0.2, 0) is 0 Å². The Hall–Kier alpha value is -0.790. The maximum Gasteiger partial charge on any atom is 0.0408 e. The van der Waals surface area contributed by atoms with Gasteiger partial charge in [0, 0.05) is 11.1 Å². The Morgan fingerprint density at radius 3 is 2.73 bits per heavy atom. The van der Waals surface area contributed by atoms with E-state index in [9.17, 15) is 0 Å². The first-order valence-corrected chi connectivity index (χ1v) is 5.60. The maximum absolute atomic E-state index is 6.12. The van der Waals surface area contributed by atoms with Gasteiger partial charge in [-0.05, 0) is 43.0 Å². The van der Waals surface area contributed by atoms with Crippen LogP contribution in [0, 0.1) is 6.92 Å². The number of nitrogens with two attached hydrogens (primary N) is 1. The Bertz CT molecular complexity index is 358. The van der Waals surface area contributed by atoms with Crippen molar-refractivity contribution in [3.63, 3.8) is 0 Å². The van der Waals surface area contributed by atoms with Gasteiger partial charge >= 0.3 is 0 Å². The van der Waals surface area contributed by atoms with Gasteiger partial charge in [0.15, 0.2) is 0 Å². The maximum atomic E-state index is 6.12. The van der Waals surface area contributed by atoms with E-state index in [1.54, 1.807) is 0 Å². The molecule has 0 aromatic heterocycles. The molecule has 0 fully saturated rings. The number of halogens is 1. The van der Waals surface area contributed by atoms with E-state index in [-0.39, 0.29) is 6.04 Å². The molecule has 0 spiro atoms. The first-order valence-electron chi connectivity index (χ1n) is 5.23. The van der Waals surface area contributed by atoms with Gasteiger partial charge in [-0.3, -0.25) is 0 Å². The predicted molar refractivity (Wildman–Crippen MR) is 67.2 cm³/mol. The molecule has 2 heteroatoms. The normalized spacial score (nSPS) is 12.5. The van der Waals surface area contributed by atoms with E-state index in [0.717, 1.165) is 29.0 Å². The van der Waals surface area contributed by atoms with Crippen molar-refractivity contribution in [1.29, 1.82) is 0 Å². The van der Waals surface area contributed by atoms with Crippen molar-refractivity contribution in [2.45, 2.75) is 32.7 Å². The molecule has 0 radical (unpaired) electrons. The van der Waals surface area contributed by atoms with Crippen LogP contribution in [0.25, 0.3) is 0 Å². The number of hydrogen-bond acceptors (Lipinski definition) is 1. The van der Waals surface area contributed by atoms with E-state index in [2.05, 4.69) is 13.5 Å². The zero-order valence-corrected chi connectivity index (χ0v) is 10.1. The largest absolute Gasteiger partial charge is 0.324 e. The van der Waals surface area contributed by atoms with Crippen LogP contribution >= 0.6 is 11.6 Å². The second-order valence-electron chi connectivity index (χ2n) is 3.92. The van der Waals surface area contributed by atoms with Gasteiger partial charge in [0.2, 0.25) is 0 Å². The monoisotopic (exact) mass is 223 g/mol. The third-order valence-corrected chi connectivity index (χ3v) is 2.88. The molecule has 0 aliphatic carbocycles. The van der Waals surface area contributed by atoms with Crippen molar-refractivity contribution in [2.75, 3.05) is 0 Å². The lowest BCUT2D eigenvalue weighted by atomic mass is 9.96. The van der Waals surface area contributed by atoms with Gasteiger partial charge < -0.3 is 5.73 Å². The van der Waals surface area contributed by atoms with Crippen molar-refractivity contribution < 1.29 is 0 Å². The molecule has 0 heterocycles. The van der Waals surface area contributed by atoms with Crippen LogP contribution < -0.4 is 5.73 Å². The fourth-order valence-corrected chi connectivity index (χ4v) is 1.85. The molecule has 1 rings (SSSR count). The Balaban J connectivity index is 2.82. The average molecular weight is 224 g/mol. The SMILES string of the molecule is C=C(CC)CC(N)c1ccc(Cl)cc1C. The molecule has 0 saturated carbocycles. The summed E-state index contributed by atoms with van der Waals surface area (Å²) in [6.45, 7) is 8.12. The van der Waals surface area contributed by atoms with Crippen LogP contribution in [0.3, 0.4) is 0 Å². The highest BCUT2D eigenvalue weighted by atomic mass is 35.5. The van der Waals surface area contributed by atoms with Gasteiger partial charge in [0.25, 0.3) is 0 Å². The molecule has 0 saturated heterocycles. The molecule has 1 aromatic carbocycles. The molecule has 0 aliphatic heterocycles. The van der Waals surface area contributed by atoms with Crippen LogP contribution in [0.1, 0.15) is 36.9 Å². The zero-order valence-electron chi connectivity index (χ0n) is 9.39. The minimum atomic E-state index is 0.0368. The van der Waals surface area contributed by atoms with Crippen molar-refractivity contribution in [3.8, 4) is 0 Å². The molecular formula is C13H18ClN. The number of benzene rings is 1. The summed E-state index contributed by atoms with van der Waals surface area (Å²) < 4.78 is 0. The molecule has 0 aliphatic rings. The van der Waals surface area contributed by atoms with Crippen LogP contribution in [0.2, 0.25) is 5.02 Å². The smallest absolute Gasteiger partial charge is 0.0408 e. The molecule has 2 N–H and O–H groups in total. The Morgan fingerprint density at radius 2 is 2.20 bits per heavy atom. The summed E-state index contributed by atoms with van der Waals surface area (Å²) in [5.41, 5.74) is 9.62. The van der Waals surface area contributed by atoms with Gasteiger partial charge in [-0.15, -0.1) is 0 Å². The van der Waals surface area contributed by atoms with Gasteiger partial charge in [0.05, 0.1) is 0 Å². The van der Waals surface area contributed by atoms with Crippen LogP contribution in [0.5, 0.6) is 0 Å². The lowest BCUT2D eigenvalue weighted by Crippen LogP contribution is -2.12. The van der Waals surface area contributed by atoms with Crippen LogP contribution in [0.4, 0.5) is 0 Å². The average Bonchev–Trinajstić information content (AvgIpc) is 2.17. The lowest BCUT2D eigenvalue weighted by Gasteiger charge is -2.15. The highest BCUT2D eigenvalue weighted by Gasteiger charge is 2.09. The minimum absolute atomic E-state index is 0.0368. The molecule has 15 heavy (non-hydrogen) atoms.